The monoisotopic (exact) mass is 391 g/mol. The Morgan fingerprint density at radius 3 is 2.50 bits per heavy atom. The molecule has 0 bridgehead atoms. The summed E-state index contributed by atoms with van der Waals surface area (Å²) in [5.74, 6) is -0.792. The van der Waals surface area contributed by atoms with Gasteiger partial charge in [-0.25, -0.2) is 0 Å². The standard InChI is InChI=1S/C21H23Cl2NO2/c22-19-7-6-18(14-20(19)23)21(25-12-13-26-21)17-8-10-24(11-9-17)15-16-4-2-1-3-5-16/h1-8,14,19-20H,9-13,15H2. The molecule has 1 aromatic carbocycles. The van der Waals surface area contributed by atoms with Crippen LogP contribution in [-0.4, -0.2) is 47.7 Å². The van der Waals surface area contributed by atoms with Crippen molar-refractivity contribution < 1.29 is 9.47 Å². The molecule has 0 spiro atoms. The molecule has 5 heteroatoms. The molecule has 2 aliphatic heterocycles. The molecule has 1 aliphatic carbocycles. The maximum atomic E-state index is 6.36. The van der Waals surface area contributed by atoms with Crippen molar-refractivity contribution in [2.24, 2.45) is 0 Å². The molecular weight excluding hydrogens is 369 g/mol. The van der Waals surface area contributed by atoms with Crippen molar-refractivity contribution in [2.75, 3.05) is 26.3 Å². The highest BCUT2D eigenvalue weighted by atomic mass is 35.5. The molecule has 2 atom stereocenters. The van der Waals surface area contributed by atoms with E-state index in [1.54, 1.807) is 0 Å². The lowest BCUT2D eigenvalue weighted by molar-refractivity contribution is -0.0954. The number of allylic oxidation sites excluding steroid dienone is 2. The lowest BCUT2D eigenvalue weighted by Gasteiger charge is -2.37. The van der Waals surface area contributed by atoms with E-state index < -0.39 is 5.79 Å². The Bertz CT molecular complexity index is 723. The summed E-state index contributed by atoms with van der Waals surface area (Å²) in [5, 5.41) is -0.444. The third-order valence-electron chi connectivity index (χ3n) is 5.14. The van der Waals surface area contributed by atoms with Gasteiger partial charge in [0.2, 0.25) is 5.79 Å². The van der Waals surface area contributed by atoms with Gasteiger partial charge in [-0.1, -0.05) is 54.6 Å². The molecule has 2 unspecified atom stereocenters. The third kappa shape index (κ3) is 3.64. The quantitative estimate of drug-likeness (QED) is 0.564. The van der Waals surface area contributed by atoms with Crippen LogP contribution in [0.15, 0.2) is 65.8 Å². The first kappa shape index (κ1) is 18.3. The van der Waals surface area contributed by atoms with E-state index in [-0.39, 0.29) is 10.8 Å². The van der Waals surface area contributed by atoms with Crippen LogP contribution in [0.3, 0.4) is 0 Å². The Balaban J connectivity index is 1.52. The van der Waals surface area contributed by atoms with E-state index in [0.717, 1.165) is 31.6 Å². The van der Waals surface area contributed by atoms with Crippen molar-refractivity contribution in [1.29, 1.82) is 0 Å². The second kappa shape index (κ2) is 7.87. The first-order valence-corrected chi connectivity index (χ1v) is 9.97. The predicted octanol–water partition coefficient (Wildman–Crippen LogP) is 4.27. The largest absolute Gasteiger partial charge is 0.340 e. The van der Waals surface area contributed by atoms with Gasteiger partial charge in [0.05, 0.1) is 24.0 Å². The summed E-state index contributed by atoms with van der Waals surface area (Å²) < 4.78 is 12.3. The van der Waals surface area contributed by atoms with E-state index in [2.05, 4.69) is 41.3 Å². The summed E-state index contributed by atoms with van der Waals surface area (Å²) in [6, 6.07) is 10.6. The summed E-state index contributed by atoms with van der Waals surface area (Å²) in [5.41, 5.74) is 3.49. The minimum atomic E-state index is -0.792. The second-order valence-electron chi connectivity index (χ2n) is 6.88. The highest BCUT2D eigenvalue weighted by Gasteiger charge is 2.44. The van der Waals surface area contributed by atoms with Crippen LogP contribution in [0.25, 0.3) is 0 Å². The van der Waals surface area contributed by atoms with Crippen molar-refractivity contribution >= 4 is 23.2 Å². The van der Waals surface area contributed by atoms with Crippen LogP contribution >= 0.6 is 23.2 Å². The van der Waals surface area contributed by atoms with E-state index in [9.17, 15) is 0 Å². The van der Waals surface area contributed by atoms with Gasteiger partial charge in [0.25, 0.3) is 0 Å². The second-order valence-corrected chi connectivity index (χ2v) is 7.89. The van der Waals surface area contributed by atoms with E-state index in [0.29, 0.717) is 13.2 Å². The van der Waals surface area contributed by atoms with Gasteiger partial charge in [-0.15, -0.1) is 23.2 Å². The smallest absolute Gasteiger partial charge is 0.218 e. The molecule has 4 rings (SSSR count). The molecule has 0 N–H and O–H groups in total. The topological polar surface area (TPSA) is 21.7 Å². The number of hydrogen-bond donors (Lipinski definition) is 0. The lowest BCUT2D eigenvalue weighted by atomic mass is 9.89. The average Bonchev–Trinajstić information content (AvgIpc) is 3.16. The molecule has 0 radical (unpaired) electrons. The van der Waals surface area contributed by atoms with E-state index in [1.165, 1.54) is 11.1 Å². The van der Waals surface area contributed by atoms with E-state index in [1.807, 2.05) is 18.2 Å². The van der Waals surface area contributed by atoms with Crippen molar-refractivity contribution in [3.05, 3.63) is 71.3 Å². The first-order chi connectivity index (χ1) is 12.7. The van der Waals surface area contributed by atoms with Gasteiger partial charge < -0.3 is 9.47 Å². The zero-order chi connectivity index (χ0) is 18.0. The fourth-order valence-corrected chi connectivity index (χ4v) is 4.15. The average molecular weight is 392 g/mol. The molecule has 1 saturated heterocycles. The van der Waals surface area contributed by atoms with Crippen LogP contribution in [0.2, 0.25) is 0 Å². The fourth-order valence-electron chi connectivity index (χ4n) is 3.79. The van der Waals surface area contributed by atoms with E-state index in [4.69, 9.17) is 32.7 Å². The molecule has 0 aromatic heterocycles. The van der Waals surface area contributed by atoms with Crippen LogP contribution in [-0.2, 0) is 16.0 Å². The fraction of sp³-hybridized carbons (Fsp3) is 0.429. The van der Waals surface area contributed by atoms with Gasteiger partial charge in [0, 0.05) is 25.2 Å². The molecule has 1 fully saturated rings. The van der Waals surface area contributed by atoms with Gasteiger partial charge in [0.1, 0.15) is 0 Å². The molecule has 0 saturated carbocycles. The minimum Gasteiger partial charge on any atom is -0.340 e. The lowest BCUT2D eigenvalue weighted by Crippen LogP contribution is -2.40. The van der Waals surface area contributed by atoms with Gasteiger partial charge in [0.15, 0.2) is 0 Å². The summed E-state index contributed by atoms with van der Waals surface area (Å²) in [6.45, 7) is 4.01. The van der Waals surface area contributed by atoms with Crippen LogP contribution in [0.1, 0.15) is 12.0 Å². The predicted molar refractivity (Wildman–Crippen MR) is 106 cm³/mol. The summed E-state index contributed by atoms with van der Waals surface area (Å²) in [7, 11) is 0. The molecule has 0 amide bonds. The maximum absolute atomic E-state index is 6.36. The Morgan fingerprint density at radius 2 is 1.85 bits per heavy atom. The molecular formula is C21H23Cl2NO2. The number of halogens is 2. The summed E-state index contributed by atoms with van der Waals surface area (Å²) >= 11 is 12.6. The number of benzene rings is 1. The molecule has 1 aromatic rings. The first-order valence-electron chi connectivity index (χ1n) is 9.10. The molecule has 3 aliphatic rings. The Hall–Kier alpha value is -1.10. The SMILES string of the molecule is ClC1C=CC(C2(C3=CCN(Cc4ccccc4)CC3)OCCO2)=CC1Cl. The van der Waals surface area contributed by atoms with Gasteiger partial charge >= 0.3 is 0 Å². The maximum Gasteiger partial charge on any atom is 0.218 e. The zero-order valence-electron chi connectivity index (χ0n) is 14.6. The van der Waals surface area contributed by atoms with Crippen molar-refractivity contribution in [3.63, 3.8) is 0 Å². The van der Waals surface area contributed by atoms with Crippen molar-refractivity contribution in [1.82, 2.24) is 4.90 Å². The molecule has 26 heavy (non-hydrogen) atoms. The highest BCUT2D eigenvalue weighted by Crippen LogP contribution is 2.41. The number of hydrogen-bond acceptors (Lipinski definition) is 3. The zero-order valence-corrected chi connectivity index (χ0v) is 16.1. The third-order valence-corrected chi connectivity index (χ3v) is 6.09. The van der Waals surface area contributed by atoms with Gasteiger partial charge in [-0.05, 0) is 17.6 Å². The molecule has 3 nitrogen and oxygen atoms in total. The Morgan fingerprint density at radius 1 is 1.08 bits per heavy atom. The van der Waals surface area contributed by atoms with E-state index >= 15 is 0 Å². The summed E-state index contributed by atoms with van der Waals surface area (Å²) in [4.78, 5) is 2.44. The normalized spacial score (nSPS) is 28.7. The number of alkyl halides is 2. The molecule has 138 valence electrons. The van der Waals surface area contributed by atoms with Crippen LogP contribution in [0, 0.1) is 0 Å². The number of nitrogens with zero attached hydrogens (tertiary/aromatic N) is 1. The summed E-state index contributed by atoms with van der Waals surface area (Å²) in [6.07, 6.45) is 9.06. The Labute approximate surface area is 164 Å². The van der Waals surface area contributed by atoms with Crippen molar-refractivity contribution in [2.45, 2.75) is 29.5 Å². The van der Waals surface area contributed by atoms with Crippen molar-refractivity contribution in [3.8, 4) is 0 Å². The molecule has 2 heterocycles. The van der Waals surface area contributed by atoms with Crippen LogP contribution in [0.5, 0.6) is 0 Å². The van der Waals surface area contributed by atoms with Crippen LogP contribution in [0.4, 0.5) is 0 Å². The van der Waals surface area contributed by atoms with Crippen LogP contribution < -0.4 is 0 Å². The van der Waals surface area contributed by atoms with Gasteiger partial charge in [-0.2, -0.15) is 0 Å². The van der Waals surface area contributed by atoms with Gasteiger partial charge in [-0.3, -0.25) is 4.90 Å². The number of rotatable bonds is 4. The Kier molecular flexibility index (Phi) is 5.53. The number of ether oxygens (including phenoxy) is 2. The highest BCUT2D eigenvalue weighted by molar-refractivity contribution is 6.31. The minimum absolute atomic E-state index is 0.194.